The average Bonchev–Trinajstić information content (AvgIpc) is 3.34. The number of fused-ring (bicyclic) bond motifs is 1. The molecule has 1 aromatic carbocycles. The van der Waals surface area contributed by atoms with Crippen LogP contribution in [0.3, 0.4) is 0 Å². The summed E-state index contributed by atoms with van der Waals surface area (Å²) < 4.78 is 29.2. The molecule has 0 atom stereocenters. The highest BCUT2D eigenvalue weighted by Crippen LogP contribution is 2.29. The van der Waals surface area contributed by atoms with E-state index >= 15 is 0 Å². The van der Waals surface area contributed by atoms with Crippen LogP contribution in [0.25, 0.3) is 11.7 Å². The van der Waals surface area contributed by atoms with Crippen molar-refractivity contribution in [1.82, 2.24) is 25.2 Å². The van der Waals surface area contributed by atoms with E-state index in [1.165, 1.54) is 24.4 Å². The van der Waals surface area contributed by atoms with Crippen molar-refractivity contribution >= 4 is 41.0 Å². The Bertz CT molecular complexity index is 1230. The highest BCUT2D eigenvalue weighted by Gasteiger charge is 2.25. The van der Waals surface area contributed by atoms with Crippen molar-refractivity contribution < 1.29 is 18.4 Å². The second kappa shape index (κ2) is 6.79. The SMILES string of the molecule is O=C1NC(=O)/C(=C/c2cnn3c(NC4CC4)cc(Nc4cccc(F)c4F)nc23)N1. The van der Waals surface area contributed by atoms with Crippen LogP contribution in [0.2, 0.25) is 0 Å². The third-order valence-corrected chi connectivity index (χ3v) is 4.66. The quantitative estimate of drug-likeness (QED) is 0.379. The van der Waals surface area contributed by atoms with Crippen molar-refractivity contribution in [1.29, 1.82) is 0 Å². The number of anilines is 3. The number of amides is 3. The summed E-state index contributed by atoms with van der Waals surface area (Å²) in [5.74, 6) is -1.69. The molecule has 1 aliphatic carbocycles. The van der Waals surface area contributed by atoms with E-state index in [0.29, 0.717) is 23.1 Å². The Labute approximate surface area is 168 Å². The van der Waals surface area contributed by atoms with Crippen molar-refractivity contribution in [3.63, 3.8) is 0 Å². The molecule has 11 heteroatoms. The molecule has 0 spiro atoms. The van der Waals surface area contributed by atoms with Gasteiger partial charge in [0.05, 0.1) is 11.9 Å². The fourth-order valence-corrected chi connectivity index (χ4v) is 3.06. The molecule has 152 valence electrons. The third kappa shape index (κ3) is 3.30. The number of imide groups is 1. The number of rotatable bonds is 5. The number of halogens is 2. The zero-order valence-electron chi connectivity index (χ0n) is 15.4. The first kappa shape index (κ1) is 18.0. The zero-order chi connectivity index (χ0) is 20.8. The van der Waals surface area contributed by atoms with Crippen LogP contribution in [0, 0.1) is 11.6 Å². The van der Waals surface area contributed by atoms with Gasteiger partial charge in [-0.2, -0.15) is 9.61 Å². The van der Waals surface area contributed by atoms with Gasteiger partial charge >= 0.3 is 6.03 Å². The molecule has 2 aromatic heterocycles. The van der Waals surface area contributed by atoms with Gasteiger partial charge in [-0.3, -0.25) is 10.1 Å². The molecule has 1 aliphatic heterocycles. The summed E-state index contributed by atoms with van der Waals surface area (Å²) in [6.45, 7) is 0. The van der Waals surface area contributed by atoms with Gasteiger partial charge < -0.3 is 16.0 Å². The molecule has 0 unspecified atom stereocenters. The minimum absolute atomic E-state index is 0.0583. The number of carbonyl (C=O) groups excluding carboxylic acids is 2. The summed E-state index contributed by atoms with van der Waals surface area (Å²) in [6.07, 6.45) is 4.96. The monoisotopic (exact) mass is 411 g/mol. The summed E-state index contributed by atoms with van der Waals surface area (Å²) in [4.78, 5) is 27.6. The van der Waals surface area contributed by atoms with E-state index < -0.39 is 23.6 Å². The number of benzene rings is 1. The van der Waals surface area contributed by atoms with Crippen LogP contribution in [0.1, 0.15) is 18.4 Å². The molecule has 30 heavy (non-hydrogen) atoms. The second-order valence-electron chi connectivity index (χ2n) is 6.97. The predicted molar refractivity (Wildman–Crippen MR) is 104 cm³/mol. The Morgan fingerprint density at radius 2 is 2.03 bits per heavy atom. The van der Waals surface area contributed by atoms with Crippen LogP contribution in [0.4, 0.5) is 30.9 Å². The summed E-state index contributed by atoms with van der Waals surface area (Å²) >= 11 is 0. The molecular weight excluding hydrogens is 396 g/mol. The van der Waals surface area contributed by atoms with Crippen LogP contribution in [-0.4, -0.2) is 32.6 Å². The van der Waals surface area contributed by atoms with E-state index in [-0.39, 0.29) is 17.2 Å². The standard InChI is InChI=1S/C19H15F2N7O2/c20-11-2-1-3-12(16(11)21)24-14-7-15(23-10-4-5-10)28-17(26-14)9(8-22-28)6-13-18(29)27-19(30)25-13/h1-3,6-8,10,23H,4-5H2,(H,24,26)(H2,25,27,29,30)/b13-6-. The van der Waals surface area contributed by atoms with Crippen LogP contribution < -0.4 is 21.3 Å². The highest BCUT2D eigenvalue weighted by atomic mass is 19.2. The zero-order valence-corrected chi connectivity index (χ0v) is 15.4. The van der Waals surface area contributed by atoms with Gasteiger partial charge in [0.25, 0.3) is 5.91 Å². The molecule has 1 saturated heterocycles. The van der Waals surface area contributed by atoms with E-state index in [0.717, 1.165) is 18.9 Å². The fraction of sp³-hybridized carbons (Fsp3) is 0.158. The minimum Gasteiger partial charge on any atom is -0.367 e. The maximum absolute atomic E-state index is 14.1. The van der Waals surface area contributed by atoms with Crippen molar-refractivity contribution in [3.05, 3.63) is 53.4 Å². The minimum atomic E-state index is -1.02. The molecule has 1 saturated carbocycles. The fourth-order valence-electron chi connectivity index (χ4n) is 3.06. The molecule has 3 heterocycles. The van der Waals surface area contributed by atoms with Gasteiger partial charge in [-0.1, -0.05) is 6.07 Å². The molecule has 0 bridgehead atoms. The lowest BCUT2D eigenvalue weighted by Gasteiger charge is -2.12. The van der Waals surface area contributed by atoms with Crippen LogP contribution in [0.15, 0.2) is 36.2 Å². The van der Waals surface area contributed by atoms with E-state index in [1.54, 1.807) is 10.6 Å². The van der Waals surface area contributed by atoms with Gasteiger partial charge in [0.15, 0.2) is 17.3 Å². The number of hydrogen-bond donors (Lipinski definition) is 4. The van der Waals surface area contributed by atoms with E-state index in [4.69, 9.17) is 0 Å². The molecule has 2 aliphatic rings. The van der Waals surface area contributed by atoms with Gasteiger partial charge in [-0.05, 0) is 31.1 Å². The molecule has 4 N–H and O–H groups in total. The molecule has 3 aromatic rings. The Balaban J connectivity index is 1.59. The van der Waals surface area contributed by atoms with E-state index in [9.17, 15) is 18.4 Å². The molecule has 3 amide bonds. The molecular formula is C19H15F2N7O2. The number of aromatic nitrogens is 3. The first-order valence-electron chi connectivity index (χ1n) is 9.18. The first-order valence-corrected chi connectivity index (χ1v) is 9.18. The Morgan fingerprint density at radius 3 is 2.77 bits per heavy atom. The van der Waals surface area contributed by atoms with Crippen LogP contribution in [-0.2, 0) is 4.79 Å². The van der Waals surface area contributed by atoms with Gasteiger partial charge in [0.1, 0.15) is 17.3 Å². The first-order chi connectivity index (χ1) is 14.5. The summed E-state index contributed by atoms with van der Waals surface area (Å²) in [7, 11) is 0. The summed E-state index contributed by atoms with van der Waals surface area (Å²) in [5.41, 5.74) is 0.819. The smallest absolute Gasteiger partial charge is 0.326 e. The number of nitrogens with zero attached hydrogens (tertiary/aromatic N) is 3. The molecule has 5 rings (SSSR count). The van der Waals surface area contributed by atoms with Gasteiger partial charge in [-0.15, -0.1) is 0 Å². The van der Waals surface area contributed by atoms with Crippen LogP contribution in [0.5, 0.6) is 0 Å². The average molecular weight is 411 g/mol. The number of nitrogens with one attached hydrogen (secondary N) is 4. The Kier molecular flexibility index (Phi) is 4.09. The van der Waals surface area contributed by atoms with Crippen molar-refractivity contribution in [3.8, 4) is 0 Å². The number of hydrogen-bond acceptors (Lipinski definition) is 6. The Morgan fingerprint density at radius 1 is 1.20 bits per heavy atom. The lowest BCUT2D eigenvalue weighted by molar-refractivity contribution is -0.115. The normalized spacial score (nSPS) is 17.3. The largest absolute Gasteiger partial charge is 0.367 e. The highest BCUT2D eigenvalue weighted by molar-refractivity contribution is 6.14. The summed E-state index contributed by atoms with van der Waals surface area (Å²) in [6, 6.07) is 5.13. The molecule has 9 nitrogen and oxygen atoms in total. The Hall–Kier alpha value is -4.02. The van der Waals surface area contributed by atoms with Crippen LogP contribution >= 0.6 is 0 Å². The van der Waals surface area contributed by atoms with E-state index in [2.05, 4.69) is 31.3 Å². The molecule has 2 fully saturated rings. The lowest BCUT2D eigenvalue weighted by Crippen LogP contribution is -2.22. The van der Waals surface area contributed by atoms with Gasteiger partial charge in [-0.25, -0.2) is 18.6 Å². The third-order valence-electron chi connectivity index (χ3n) is 4.66. The van der Waals surface area contributed by atoms with Gasteiger partial charge in [0, 0.05) is 17.7 Å². The number of urea groups is 1. The van der Waals surface area contributed by atoms with E-state index in [1.807, 2.05) is 0 Å². The predicted octanol–water partition coefficient (Wildman–Crippen LogP) is 2.51. The van der Waals surface area contributed by atoms with Gasteiger partial charge in [0.2, 0.25) is 0 Å². The maximum Gasteiger partial charge on any atom is 0.326 e. The van der Waals surface area contributed by atoms with Crippen molar-refractivity contribution in [2.75, 3.05) is 10.6 Å². The van der Waals surface area contributed by atoms with Crippen molar-refractivity contribution in [2.45, 2.75) is 18.9 Å². The second-order valence-corrected chi connectivity index (χ2v) is 6.97. The maximum atomic E-state index is 14.1. The number of carbonyl (C=O) groups is 2. The lowest BCUT2D eigenvalue weighted by atomic mass is 10.2. The summed E-state index contributed by atoms with van der Waals surface area (Å²) in [5, 5.41) is 14.9. The topological polar surface area (TPSA) is 112 Å². The molecule has 0 radical (unpaired) electrons. The van der Waals surface area contributed by atoms with Crippen molar-refractivity contribution in [2.24, 2.45) is 0 Å².